The van der Waals surface area contributed by atoms with Gasteiger partial charge < -0.3 is 26.6 Å². The van der Waals surface area contributed by atoms with E-state index in [0.717, 1.165) is 57.6 Å². The highest BCUT2D eigenvalue weighted by Crippen LogP contribution is 2.53. The first-order valence-corrected chi connectivity index (χ1v) is 20.3. The molecule has 3 aliphatic carbocycles. The number of nitrogens with two attached hydrogens (primary N) is 1. The maximum atomic E-state index is 15.0. The molecule has 0 spiro atoms. The zero-order valence-electron chi connectivity index (χ0n) is 31.5. The highest BCUT2D eigenvalue weighted by Gasteiger charge is 2.58. The molecule has 5 N–H and O–H groups in total. The number of urea groups is 1. The lowest BCUT2D eigenvalue weighted by atomic mass is 9.70. The Bertz CT molecular complexity index is 1420. The summed E-state index contributed by atoms with van der Waals surface area (Å²) in [4.78, 5) is 69.7. The molecule has 1 aliphatic heterocycles. The number of likely N-dealkylation sites (tertiary alicyclic amines) is 1. The van der Waals surface area contributed by atoms with Gasteiger partial charge in [0.05, 0.1) is 12.3 Å². The Balaban J connectivity index is 1.65. The molecule has 1 saturated heterocycles. The molecular formula is C36H62N6O7S. The number of rotatable bonds is 13. The molecular weight excluding hydrogens is 660 g/mol. The van der Waals surface area contributed by atoms with Crippen molar-refractivity contribution in [3.05, 3.63) is 0 Å². The largest absolute Gasteiger partial charge is 0.363 e. The Morgan fingerprint density at radius 3 is 2.06 bits per heavy atom. The average Bonchev–Trinajstić information content (AvgIpc) is 3.52. The molecule has 14 heteroatoms. The molecule has 0 aromatic heterocycles. The maximum Gasteiger partial charge on any atom is 0.315 e. The van der Waals surface area contributed by atoms with Crippen LogP contribution in [0, 0.1) is 34.0 Å². The van der Waals surface area contributed by atoms with E-state index in [1.54, 1.807) is 4.90 Å². The predicted molar refractivity (Wildman–Crippen MR) is 191 cm³/mol. The predicted octanol–water partition coefficient (Wildman–Crippen LogP) is 2.92. The zero-order chi connectivity index (χ0) is 37.4. The number of hydrogen-bond acceptors (Lipinski definition) is 7. The lowest BCUT2D eigenvalue weighted by Crippen LogP contribution is -2.63. The van der Waals surface area contributed by atoms with Crippen LogP contribution < -0.4 is 21.7 Å². The molecule has 4 rings (SSSR count). The van der Waals surface area contributed by atoms with Crippen LogP contribution in [-0.2, 0) is 29.2 Å². The van der Waals surface area contributed by atoms with Crippen LogP contribution in [0.25, 0.3) is 0 Å². The fourth-order valence-corrected chi connectivity index (χ4v) is 9.13. The van der Waals surface area contributed by atoms with Crippen molar-refractivity contribution in [1.82, 2.24) is 25.2 Å². The molecule has 0 radical (unpaired) electrons. The molecule has 5 amide bonds. The summed E-state index contributed by atoms with van der Waals surface area (Å²) in [6.07, 6.45) is 10.2. The molecule has 6 atom stereocenters. The van der Waals surface area contributed by atoms with Gasteiger partial charge in [-0.1, -0.05) is 80.1 Å². The van der Waals surface area contributed by atoms with Crippen LogP contribution in [0.15, 0.2) is 0 Å². The number of nitrogens with zero attached hydrogens (tertiary/aromatic N) is 2. The number of hydrogen-bond donors (Lipinski definition) is 4. The van der Waals surface area contributed by atoms with Crippen LogP contribution in [0.5, 0.6) is 0 Å². The van der Waals surface area contributed by atoms with Gasteiger partial charge in [0.25, 0.3) is 5.91 Å². The topological polar surface area (TPSA) is 188 Å². The average molecular weight is 723 g/mol. The summed E-state index contributed by atoms with van der Waals surface area (Å²) in [5, 5.41) is 8.86. The van der Waals surface area contributed by atoms with Crippen molar-refractivity contribution in [3.8, 4) is 0 Å². The van der Waals surface area contributed by atoms with Gasteiger partial charge >= 0.3 is 6.03 Å². The third-order valence-electron chi connectivity index (χ3n) is 12.6. The summed E-state index contributed by atoms with van der Waals surface area (Å²) < 4.78 is 25.7. The quantitative estimate of drug-likeness (QED) is 0.210. The first kappa shape index (κ1) is 40.0. The normalized spacial score (nSPS) is 26.7. The van der Waals surface area contributed by atoms with Gasteiger partial charge in [-0.15, -0.1) is 0 Å². The highest BCUT2D eigenvalue weighted by atomic mass is 32.2. The minimum Gasteiger partial charge on any atom is -0.363 e. The van der Waals surface area contributed by atoms with Crippen LogP contribution in [0.2, 0.25) is 0 Å². The van der Waals surface area contributed by atoms with E-state index in [4.69, 9.17) is 5.73 Å². The summed E-state index contributed by atoms with van der Waals surface area (Å²) >= 11 is 0. The molecule has 0 aromatic rings. The van der Waals surface area contributed by atoms with Crippen LogP contribution in [-0.4, -0.2) is 97.7 Å². The number of carbonyl (C=O) groups excluding carboxylic acids is 5. The number of likely N-dealkylation sites (N-methyl/N-ethyl adjacent to an activating group) is 1. The second-order valence-electron chi connectivity index (χ2n) is 17.8. The smallest absolute Gasteiger partial charge is 0.315 e. The Labute approximate surface area is 299 Å². The Kier molecular flexibility index (Phi) is 12.1. The van der Waals surface area contributed by atoms with E-state index in [1.165, 1.54) is 11.4 Å². The van der Waals surface area contributed by atoms with Crippen molar-refractivity contribution >= 4 is 39.6 Å². The van der Waals surface area contributed by atoms with Gasteiger partial charge in [-0.3, -0.25) is 19.2 Å². The fourth-order valence-electron chi connectivity index (χ4n) is 8.71. The van der Waals surface area contributed by atoms with Gasteiger partial charge in [-0.25, -0.2) is 17.5 Å². The van der Waals surface area contributed by atoms with E-state index in [0.29, 0.717) is 25.8 Å². The zero-order valence-corrected chi connectivity index (χ0v) is 32.3. The third kappa shape index (κ3) is 9.00. The monoisotopic (exact) mass is 722 g/mol. The first-order chi connectivity index (χ1) is 23.0. The fraction of sp³-hybridized carbons (Fsp3) is 0.861. The number of fused-ring (bicyclic) bond motifs is 1. The second kappa shape index (κ2) is 15.1. The summed E-state index contributed by atoms with van der Waals surface area (Å²) in [5.41, 5.74) is 4.18. The number of amides is 5. The highest BCUT2D eigenvalue weighted by molar-refractivity contribution is 7.88. The van der Waals surface area contributed by atoms with Crippen molar-refractivity contribution in [2.24, 2.45) is 39.7 Å². The maximum absolute atomic E-state index is 15.0. The van der Waals surface area contributed by atoms with E-state index in [1.807, 2.05) is 27.7 Å². The van der Waals surface area contributed by atoms with E-state index in [2.05, 4.69) is 29.8 Å². The van der Waals surface area contributed by atoms with E-state index < -0.39 is 68.6 Å². The van der Waals surface area contributed by atoms with E-state index in [9.17, 15) is 32.4 Å². The van der Waals surface area contributed by atoms with Crippen molar-refractivity contribution in [2.45, 2.75) is 136 Å². The van der Waals surface area contributed by atoms with E-state index in [-0.39, 0.29) is 35.6 Å². The molecule has 13 nitrogen and oxygen atoms in total. The van der Waals surface area contributed by atoms with Crippen LogP contribution in [0.4, 0.5) is 4.79 Å². The number of ketones is 1. The van der Waals surface area contributed by atoms with Crippen LogP contribution in [0.1, 0.15) is 112 Å². The second-order valence-corrected chi connectivity index (χ2v) is 19.9. The lowest BCUT2D eigenvalue weighted by molar-refractivity contribution is -0.145. The summed E-state index contributed by atoms with van der Waals surface area (Å²) in [6, 6.07) is -4.02. The van der Waals surface area contributed by atoms with Gasteiger partial charge in [0, 0.05) is 26.2 Å². The molecule has 284 valence electrons. The standard InChI is InChI=1S/C36H62N6O7S/c1-34(2,3)26(21-41(7)50(8,48)49)39-33(47)40-29(36(6)16-10-9-11-17-36)32(46)42-20-24-23(15-18-35(24,4)5)27(42)31(45)38-25(28(43)30(37)44)19-22-13-12-14-22/h22-27,29H,9-21H2,1-8H3,(H2,37,44)(H,38,45)(H2,39,40,47)/t23-,24-,25?,26+,27-,29+/m0/s1. The number of primary amides is 1. The van der Waals surface area contributed by atoms with Gasteiger partial charge in [-0.2, -0.15) is 0 Å². The van der Waals surface area contributed by atoms with Crippen molar-refractivity contribution in [3.63, 3.8) is 0 Å². The molecule has 3 saturated carbocycles. The van der Waals surface area contributed by atoms with Crippen LogP contribution >= 0.6 is 0 Å². The molecule has 1 heterocycles. The van der Waals surface area contributed by atoms with Gasteiger partial charge in [0.2, 0.25) is 27.6 Å². The summed E-state index contributed by atoms with van der Waals surface area (Å²) in [7, 11) is -2.04. The Morgan fingerprint density at radius 1 is 0.920 bits per heavy atom. The summed E-state index contributed by atoms with van der Waals surface area (Å²) in [6.45, 7) is 12.4. The lowest BCUT2D eigenvalue weighted by Gasteiger charge is -2.43. The number of nitrogens with one attached hydrogen (secondary N) is 3. The minimum atomic E-state index is -3.51. The number of Topliss-reactive ketones (excluding diaryl/α,β-unsaturated/α-hetero) is 1. The molecule has 0 aromatic carbocycles. The van der Waals surface area contributed by atoms with Gasteiger partial charge in [0.15, 0.2) is 0 Å². The van der Waals surface area contributed by atoms with Gasteiger partial charge in [0.1, 0.15) is 12.1 Å². The van der Waals surface area contributed by atoms with E-state index >= 15 is 0 Å². The Hall–Kier alpha value is -2.74. The third-order valence-corrected chi connectivity index (χ3v) is 13.9. The number of carbonyl (C=O) groups is 5. The minimum absolute atomic E-state index is 0.0320. The van der Waals surface area contributed by atoms with Gasteiger partial charge in [-0.05, 0) is 66.1 Å². The van der Waals surface area contributed by atoms with Crippen molar-refractivity contribution in [2.75, 3.05) is 26.4 Å². The molecule has 50 heavy (non-hydrogen) atoms. The SMILES string of the molecule is CN(C[C@@H](NC(=O)N[C@H](C(=O)N1C[C@H]2[C@H](CCC2(C)C)[C@H]1C(=O)NC(CC1CCC1)C(=O)C(N)=O)C1(C)CCCCC1)C(C)(C)C)S(C)(=O)=O. The Morgan fingerprint density at radius 2 is 1.54 bits per heavy atom. The van der Waals surface area contributed by atoms with Crippen LogP contribution in [0.3, 0.4) is 0 Å². The van der Waals surface area contributed by atoms with Crippen molar-refractivity contribution < 1.29 is 32.4 Å². The molecule has 0 bridgehead atoms. The van der Waals surface area contributed by atoms with Crippen molar-refractivity contribution in [1.29, 1.82) is 0 Å². The number of sulfonamides is 1. The molecule has 4 aliphatic rings. The first-order valence-electron chi connectivity index (χ1n) is 18.5. The molecule has 1 unspecified atom stereocenters. The summed E-state index contributed by atoms with van der Waals surface area (Å²) in [5.74, 6) is -2.62. The molecule has 4 fully saturated rings.